The maximum atomic E-state index is 12.5. The molecule has 0 aliphatic heterocycles. The van der Waals surface area contributed by atoms with Crippen LogP contribution in [-0.2, 0) is 4.79 Å². The summed E-state index contributed by atoms with van der Waals surface area (Å²) in [5.74, 6) is -0.412. The Kier molecular flexibility index (Phi) is 6.00. The molecule has 5 heteroatoms. The molecular formula is C23H20IN3O. The third kappa shape index (κ3) is 4.34. The lowest BCUT2D eigenvalue weighted by Crippen LogP contribution is -2.13. The number of rotatable bonds is 4. The van der Waals surface area contributed by atoms with Gasteiger partial charge in [-0.2, -0.15) is 5.26 Å². The van der Waals surface area contributed by atoms with Gasteiger partial charge in [0.25, 0.3) is 5.91 Å². The van der Waals surface area contributed by atoms with Crippen molar-refractivity contribution in [2.45, 2.75) is 20.8 Å². The maximum Gasteiger partial charge on any atom is 0.266 e. The number of benzene rings is 2. The molecule has 0 atom stereocenters. The second-order valence-corrected chi connectivity index (χ2v) is 7.87. The molecule has 0 radical (unpaired) electrons. The van der Waals surface area contributed by atoms with Crippen molar-refractivity contribution in [2.24, 2.45) is 0 Å². The Labute approximate surface area is 178 Å². The van der Waals surface area contributed by atoms with Crippen LogP contribution < -0.4 is 5.32 Å². The van der Waals surface area contributed by atoms with E-state index in [1.165, 1.54) is 3.57 Å². The minimum Gasteiger partial charge on any atom is -0.321 e. The first-order valence-electron chi connectivity index (χ1n) is 8.83. The molecule has 0 aliphatic carbocycles. The standard InChI is InChI=1S/C23H20IN3O/c1-15-4-8-21(9-5-15)26-23(28)19(14-25)13-18-12-16(2)27(17(18)3)22-10-6-20(24)7-11-22/h4-13H,1-3H3,(H,26,28)/b19-13-. The number of halogens is 1. The molecule has 4 nitrogen and oxygen atoms in total. The van der Waals surface area contributed by atoms with Crippen molar-refractivity contribution in [1.82, 2.24) is 4.57 Å². The highest BCUT2D eigenvalue weighted by Gasteiger charge is 2.14. The molecule has 0 saturated carbocycles. The number of nitrogens with zero attached hydrogens (tertiary/aromatic N) is 2. The molecule has 0 bridgehead atoms. The molecule has 1 amide bonds. The van der Waals surface area contributed by atoms with E-state index in [2.05, 4.69) is 56.7 Å². The number of carbonyl (C=O) groups excluding carboxylic acids is 1. The quantitative estimate of drug-likeness (QED) is 0.302. The van der Waals surface area contributed by atoms with Crippen LogP contribution in [0.5, 0.6) is 0 Å². The molecule has 0 aliphatic rings. The molecule has 28 heavy (non-hydrogen) atoms. The second-order valence-electron chi connectivity index (χ2n) is 6.63. The molecule has 2 aromatic carbocycles. The van der Waals surface area contributed by atoms with Gasteiger partial charge in [0.1, 0.15) is 11.6 Å². The first kappa shape index (κ1) is 19.9. The highest BCUT2D eigenvalue weighted by atomic mass is 127. The SMILES string of the molecule is Cc1ccc(NC(=O)/C(C#N)=C\c2cc(C)n(-c3ccc(I)cc3)c2C)cc1. The molecule has 1 aromatic heterocycles. The number of carbonyl (C=O) groups is 1. The lowest BCUT2D eigenvalue weighted by atomic mass is 10.1. The zero-order valence-electron chi connectivity index (χ0n) is 16.0. The summed E-state index contributed by atoms with van der Waals surface area (Å²) < 4.78 is 3.29. The largest absolute Gasteiger partial charge is 0.321 e. The van der Waals surface area contributed by atoms with Crippen LogP contribution in [0.15, 0.2) is 60.2 Å². The number of aryl methyl sites for hydroxylation is 2. The number of anilines is 1. The summed E-state index contributed by atoms with van der Waals surface area (Å²) in [6.45, 7) is 5.99. The molecule has 140 valence electrons. The number of amides is 1. The Morgan fingerprint density at radius 3 is 2.32 bits per heavy atom. The maximum absolute atomic E-state index is 12.5. The van der Waals surface area contributed by atoms with Gasteiger partial charge in [0.05, 0.1) is 0 Å². The smallest absolute Gasteiger partial charge is 0.266 e. The van der Waals surface area contributed by atoms with Crippen LogP contribution in [0.3, 0.4) is 0 Å². The van der Waals surface area contributed by atoms with Crippen LogP contribution in [-0.4, -0.2) is 10.5 Å². The summed E-state index contributed by atoms with van der Waals surface area (Å²) in [7, 11) is 0. The Hall–Kier alpha value is -2.85. The second kappa shape index (κ2) is 8.44. The lowest BCUT2D eigenvalue weighted by molar-refractivity contribution is -0.112. The Balaban J connectivity index is 1.91. The molecule has 0 saturated heterocycles. The number of aromatic nitrogens is 1. The van der Waals surface area contributed by atoms with Crippen molar-refractivity contribution in [3.8, 4) is 11.8 Å². The third-order valence-corrected chi connectivity index (χ3v) is 5.25. The van der Waals surface area contributed by atoms with E-state index in [1.54, 1.807) is 6.08 Å². The van der Waals surface area contributed by atoms with Crippen LogP contribution in [0.1, 0.15) is 22.5 Å². The molecule has 1 N–H and O–H groups in total. The molecule has 0 spiro atoms. The fraction of sp³-hybridized carbons (Fsp3) is 0.130. The fourth-order valence-electron chi connectivity index (χ4n) is 3.06. The van der Waals surface area contributed by atoms with Crippen LogP contribution in [0.4, 0.5) is 5.69 Å². The minimum atomic E-state index is -0.412. The van der Waals surface area contributed by atoms with E-state index in [0.29, 0.717) is 5.69 Å². The summed E-state index contributed by atoms with van der Waals surface area (Å²) >= 11 is 2.28. The monoisotopic (exact) mass is 481 g/mol. The van der Waals surface area contributed by atoms with E-state index in [1.807, 2.05) is 57.2 Å². The van der Waals surface area contributed by atoms with E-state index in [4.69, 9.17) is 0 Å². The van der Waals surface area contributed by atoms with Crippen LogP contribution >= 0.6 is 22.6 Å². The first-order valence-corrected chi connectivity index (χ1v) is 9.91. The van der Waals surface area contributed by atoms with Crippen molar-refractivity contribution in [1.29, 1.82) is 5.26 Å². The molecule has 3 aromatic rings. The number of nitriles is 1. The molecule has 1 heterocycles. The van der Waals surface area contributed by atoms with Gasteiger partial charge >= 0.3 is 0 Å². The highest BCUT2D eigenvalue weighted by molar-refractivity contribution is 14.1. The van der Waals surface area contributed by atoms with Crippen molar-refractivity contribution >= 4 is 40.3 Å². The van der Waals surface area contributed by atoms with Crippen LogP contribution in [0.2, 0.25) is 0 Å². The Bertz CT molecular complexity index is 1080. The van der Waals surface area contributed by atoms with Crippen LogP contribution in [0, 0.1) is 35.7 Å². The predicted octanol–water partition coefficient (Wildman–Crippen LogP) is 5.55. The summed E-state index contributed by atoms with van der Waals surface area (Å²) in [4.78, 5) is 12.5. The normalized spacial score (nSPS) is 11.2. The summed E-state index contributed by atoms with van der Waals surface area (Å²) in [6.07, 6.45) is 1.65. The van der Waals surface area contributed by atoms with Gasteiger partial charge in [-0.15, -0.1) is 0 Å². The van der Waals surface area contributed by atoms with E-state index in [0.717, 1.165) is 28.2 Å². The van der Waals surface area contributed by atoms with Gasteiger partial charge in [-0.25, -0.2) is 0 Å². The average molecular weight is 481 g/mol. The van der Waals surface area contributed by atoms with Gasteiger partial charge in [0.15, 0.2) is 0 Å². The number of nitrogens with one attached hydrogen (secondary N) is 1. The summed E-state index contributed by atoms with van der Waals surface area (Å²) in [5, 5.41) is 12.3. The third-order valence-electron chi connectivity index (χ3n) is 4.53. The summed E-state index contributed by atoms with van der Waals surface area (Å²) in [6, 6.07) is 19.7. The van der Waals surface area contributed by atoms with Crippen molar-refractivity contribution in [3.63, 3.8) is 0 Å². The predicted molar refractivity (Wildman–Crippen MR) is 121 cm³/mol. The lowest BCUT2D eigenvalue weighted by Gasteiger charge is -2.10. The van der Waals surface area contributed by atoms with E-state index >= 15 is 0 Å². The minimum absolute atomic E-state index is 0.0726. The topological polar surface area (TPSA) is 57.8 Å². The van der Waals surface area contributed by atoms with E-state index in [-0.39, 0.29) is 5.57 Å². The Morgan fingerprint density at radius 1 is 1.07 bits per heavy atom. The van der Waals surface area contributed by atoms with Gasteiger partial charge in [-0.3, -0.25) is 4.79 Å². The zero-order chi connectivity index (χ0) is 20.3. The molecule has 0 unspecified atom stereocenters. The van der Waals surface area contributed by atoms with Gasteiger partial charge < -0.3 is 9.88 Å². The molecule has 0 fully saturated rings. The van der Waals surface area contributed by atoms with Crippen molar-refractivity contribution in [2.75, 3.05) is 5.32 Å². The van der Waals surface area contributed by atoms with E-state index in [9.17, 15) is 10.1 Å². The number of hydrogen-bond acceptors (Lipinski definition) is 2. The van der Waals surface area contributed by atoms with Gasteiger partial charge in [0, 0.05) is 26.3 Å². The average Bonchev–Trinajstić information content (AvgIpc) is 2.95. The molecule has 3 rings (SSSR count). The van der Waals surface area contributed by atoms with Crippen molar-refractivity contribution < 1.29 is 4.79 Å². The first-order chi connectivity index (χ1) is 13.4. The van der Waals surface area contributed by atoms with Gasteiger partial charge in [-0.1, -0.05) is 17.7 Å². The van der Waals surface area contributed by atoms with Gasteiger partial charge in [0.2, 0.25) is 0 Å². The van der Waals surface area contributed by atoms with Gasteiger partial charge in [-0.05, 0) is 97.5 Å². The number of hydrogen-bond donors (Lipinski definition) is 1. The summed E-state index contributed by atoms with van der Waals surface area (Å²) in [5.41, 5.74) is 5.78. The van der Waals surface area contributed by atoms with Crippen LogP contribution in [0.25, 0.3) is 11.8 Å². The van der Waals surface area contributed by atoms with E-state index < -0.39 is 5.91 Å². The highest BCUT2D eigenvalue weighted by Crippen LogP contribution is 2.23. The fourth-order valence-corrected chi connectivity index (χ4v) is 3.42. The van der Waals surface area contributed by atoms with Crippen molar-refractivity contribution in [3.05, 3.63) is 86.3 Å². The zero-order valence-corrected chi connectivity index (χ0v) is 18.1. The molecular weight excluding hydrogens is 461 g/mol. The Morgan fingerprint density at radius 2 is 1.71 bits per heavy atom.